The zero-order valence-electron chi connectivity index (χ0n) is 9.76. The summed E-state index contributed by atoms with van der Waals surface area (Å²) in [5.41, 5.74) is 1.17. The van der Waals surface area contributed by atoms with Gasteiger partial charge in [-0.3, -0.25) is 0 Å². The van der Waals surface area contributed by atoms with Gasteiger partial charge in [0.1, 0.15) is 0 Å². The number of benzene rings is 1. The minimum atomic E-state index is -0.291. The molecule has 0 fully saturated rings. The van der Waals surface area contributed by atoms with Crippen molar-refractivity contribution in [2.24, 2.45) is 0 Å². The Bertz CT molecular complexity index is 291. The van der Waals surface area contributed by atoms with E-state index in [2.05, 4.69) is 0 Å². The summed E-state index contributed by atoms with van der Waals surface area (Å²) in [6.45, 7) is 1.17. The van der Waals surface area contributed by atoms with E-state index in [1.165, 1.54) is 5.56 Å². The summed E-state index contributed by atoms with van der Waals surface area (Å²) in [4.78, 5) is 0. The van der Waals surface area contributed by atoms with Gasteiger partial charge in [0.05, 0.1) is 13.2 Å². The van der Waals surface area contributed by atoms with Crippen molar-refractivity contribution in [2.75, 3.05) is 20.8 Å². The van der Waals surface area contributed by atoms with Crippen molar-refractivity contribution in [3.05, 3.63) is 48.0 Å². The summed E-state index contributed by atoms with van der Waals surface area (Å²) in [6, 6.07) is 10.1. The van der Waals surface area contributed by atoms with Crippen molar-refractivity contribution < 1.29 is 14.2 Å². The molecular weight excluding hydrogens is 204 g/mol. The van der Waals surface area contributed by atoms with Crippen LogP contribution in [0.3, 0.4) is 0 Å². The fourth-order valence-corrected chi connectivity index (χ4v) is 1.24. The molecule has 0 saturated carbocycles. The predicted octanol–water partition coefficient (Wildman–Crippen LogP) is 2.38. The van der Waals surface area contributed by atoms with E-state index in [9.17, 15) is 0 Å². The second-order valence-corrected chi connectivity index (χ2v) is 3.27. The molecule has 0 bridgehead atoms. The highest BCUT2D eigenvalue weighted by Gasteiger charge is 1.96. The van der Waals surface area contributed by atoms with Crippen LogP contribution in [0.1, 0.15) is 5.56 Å². The Morgan fingerprint density at radius 1 is 1.12 bits per heavy atom. The molecule has 0 aromatic heterocycles. The average Bonchev–Trinajstić information content (AvgIpc) is 2.35. The maximum Gasteiger partial charge on any atom is 0.176 e. The van der Waals surface area contributed by atoms with E-state index in [0.717, 1.165) is 0 Å². The highest BCUT2D eigenvalue weighted by molar-refractivity contribution is 5.13. The van der Waals surface area contributed by atoms with E-state index >= 15 is 0 Å². The predicted molar refractivity (Wildman–Crippen MR) is 63.0 cm³/mol. The van der Waals surface area contributed by atoms with Gasteiger partial charge in [0.25, 0.3) is 0 Å². The van der Waals surface area contributed by atoms with E-state index in [1.807, 2.05) is 42.5 Å². The second-order valence-electron chi connectivity index (χ2n) is 3.27. The molecule has 1 aromatic rings. The van der Waals surface area contributed by atoms with Crippen LogP contribution in [0.2, 0.25) is 0 Å². The minimum Gasteiger partial charge on any atom is -0.373 e. The van der Waals surface area contributed by atoms with Crippen molar-refractivity contribution in [1.29, 1.82) is 0 Å². The zero-order chi connectivity index (χ0) is 11.6. The van der Waals surface area contributed by atoms with Gasteiger partial charge in [-0.05, 0) is 11.6 Å². The van der Waals surface area contributed by atoms with Gasteiger partial charge in [-0.2, -0.15) is 0 Å². The van der Waals surface area contributed by atoms with E-state index in [0.29, 0.717) is 13.2 Å². The maximum absolute atomic E-state index is 5.46. The molecule has 1 rings (SSSR count). The number of hydrogen-bond donors (Lipinski definition) is 0. The number of ether oxygens (including phenoxy) is 3. The molecule has 0 radical (unpaired) electrons. The van der Waals surface area contributed by atoms with Crippen LogP contribution in [0.15, 0.2) is 42.5 Å². The molecule has 88 valence electrons. The summed E-state index contributed by atoms with van der Waals surface area (Å²) in [5, 5.41) is 0. The van der Waals surface area contributed by atoms with Crippen molar-refractivity contribution in [3.8, 4) is 0 Å². The monoisotopic (exact) mass is 222 g/mol. The first-order chi connectivity index (χ1) is 7.86. The van der Waals surface area contributed by atoms with E-state index < -0.39 is 0 Å². The fourth-order valence-electron chi connectivity index (χ4n) is 1.24. The van der Waals surface area contributed by atoms with Crippen LogP contribution in [0.5, 0.6) is 0 Å². The van der Waals surface area contributed by atoms with Crippen LogP contribution in [0.4, 0.5) is 0 Å². The molecular formula is C13H18O3. The zero-order valence-corrected chi connectivity index (χ0v) is 9.76. The van der Waals surface area contributed by atoms with Gasteiger partial charge < -0.3 is 14.2 Å². The molecule has 0 saturated heterocycles. The van der Waals surface area contributed by atoms with E-state index in [1.54, 1.807) is 14.2 Å². The SMILES string of the molecule is COC(/C=C/COCc1ccccc1)OC. The molecule has 3 heteroatoms. The normalized spacial score (nSPS) is 11.4. The van der Waals surface area contributed by atoms with Crippen molar-refractivity contribution in [2.45, 2.75) is 12.9 Å². The van der Waals surface area contributed by atoms with Gasteiger partial charge in [-0.15, -0.1) is 0 Å². The average molecular weight is 222 g/mol. The summed E-state index contributed by atoms with van der Waals surface area (Å²) in [7, 11) is 3.20. The third-order valence-corrected chi connectivity index (χ3v) is 2.08. The first-order valence-corrected chi connectivity index (χ1v) is 5.20. The van der Waals surface area contributed by atoms with Gasteiger partial charge >= 0.3 is 0 Å². The van der Waals surface area contributed by atoms with Gasteiger partial charge in [0.2, 0.25) is 0 Å². The van der Waals surface area contributed by atoms with Gasteiger partial charge in [-0.1, -0.05) is 36.4 Å². The molecule has 0 unspecified atom stereocenters. The smallest absolute Gasteiger partial charge is 0.176 e. The first-order valence-electron chi connectivity index (χ1n) is 5.20. The molecule has 0 heterocycles. The Hall–Kier alpha value is -1.16. The van der Waals surface area contributed by atoms with Crippen LogP contribution in [-0.2, 0) is 20.8 Å². The summed E-state index contributed by atoms with van der Waals surface area (Å²) >= 11 is 0. The van der Waals surface area contributed by atoms with Gasteiger partial charge in [0.15, 0.2) is 6.29 Å². The molecule has 0 atom stereocenters. The molecule has 16 heavy (non-hydrogen) atoms. The van der Waals surface area contributed by atoms with E-state index in [4.69, 9.17) is 14.2 Å². The number of rotatable bonds is 7. The molecule has 0 aliphatic carbocycles. The van der Waals surface area contributed by atoms with Crippen LogP contribution in [0, 0.1) is 0 Å². The topological polar surface area (TPSA) is 27.7 Å². The highest BCUT2D eigenvalue weighted by atomic mass is 16.7. The first kappa shape index (κ1) is 12.9. The Morgan fingerprint density at radius 2 is 1.81 bits per heavy atom. The molecule has 0 aliphatic rings. The Balaban J connectivity index is 2.17. The molecule has 0 aliphatic heterocycles. The standard InChI is InChI=1S/C13H18O3/c1-14-13(15-2)9-6-10-16-11-12-7-4-3-5-8-12/h3-9,13H,10-11H2,1-2H3/b9-6+. The molecule has 1 aromatic carbocycles. The third kappa shape index (κ3) is 5.07. The largest absolute Gasteiger partial charge is 0.373 e. The van der Waals surface area contributed by atoms with Crippen LogP contribution < -0.4 is 0 Å². The second kappa shape index (κ2) is 8.05. The fraction of sp³-hybridized carbons (Fsp3) is 0.385. The molecule has 0 amide bonds. The quantitative estimate of drug-likeness (QED) is 0.403. The highest BCUT2D eigenvalue weighted by Crippen LogP contribution is 2.00. The Labute approximate surface area is 96.6 Å². The van der Waals surface area contributed by atoms with E-state index in [-0.39, 0.29) is 6.29 Å². The maximum atomic E-state index is 5.46. The van der Waals surface area contributed by atoms with Gasteiger partial charge in [0, 0.05) is 14.2 Å². The number of methoxy groups -OCH3 is 2. The molecule has 3 nitrogen and oxygen atoms in total. The van der Waals surface area contributed by atoms with Crippen LogP contribution >= 0.6 is 0 Å². The van der Waals surface area contributed by atoms with Crippen molar-refractivity contribution in [3.63, 3.8) is 0 Å². The minimum absolute atomic E-state index is 0.291. The lowest BCUT2D eigenvalue weighted by Gasteiger charge is -2.07. The Kier molecular flexibility index (Phi) is 6.49. The summed E-state index contributed by atoms with van der Waals surface area (Å²) < 4.78 is 15.5. The van der Waals surface area contributed by atoms with Gasteiger partial charge in [-0.25, -0.2) is 0 Å². The van der Waals surface area contributed by atoms with Crippen LogP contribution in [-0.4, -0.2) is 27.1 Å². The number of hydrogen-bond acceptors (Lipinski definition) is 3. The third-order valence-electron chi connectivity index (χ3n) is 2.08. The molecule has 0 spiro atoms. The van der Waals surface area contributed by atoms with Crippen molar-refractivity contribution >= 4 is 0 Å². The molecule has 0 N–H and O–H groups in total. The lowest BCUT2D eigenvalue weighted by molar-refractivity contribution is -0.0670. The Morgan fingerprint density at radius 3 is 2.44 bits per heavy atom. The summed E-state index contributed by atoms with van der Waals surface area (Å²) in [5.74, 6) is 0. The lowest BCUT2D eigenvalue weighted by atomic mass is 10.2. The lowest BCUT2D eigenvalue weighted by Crippen LogP contribution is -2.09. The van der Waals surface area contributed by atoms with Crippen LogP contribution in [0.25, 0.3) is 0 Å². The summed E-state index contributed by atoms with van der Waals surface area (Å²) in [6.07, 6.45) is 3.42. The van der Waals surface area contributed by atoms with Crippen molar-refractivity contribution in [1.82, 2.24) is 0 Å².